The molecule has 2 aromatic heterocycles. The SMILES string of the molecule is COCC1(NCc2ncc(-c3cccc(-c4cccc(-c5cnc(CCC[C@@H]6CCC(=O)N6)c(OC)n5)c4Cl)c3Cl)nc2OC)CCC1. The monoisotopic (exact) mass is 690 g/mol. The van der Waals surface area contributed by atoms with Gasteiger partial charge in [0.2, 0.25) is 17.7 Å². The molecule has 252 valence electrons. The summed E-state index contributed by atoms with van der Waals surface area (Å²) in [7, 11) is 4.91. The molecule has 3 heterocycles. The largest absolute Gasteiger partial charge is 0.480 e. The van der Waals surface area contributed by atoms with E-state index in [4.69, 9.17) is 52.4 Å². The Morgan fingerprint density at radius 1 is 0.875 bits per heavy atom. The van der Waals surface area contributed by atoms with Crippen LogP contribution < -0.4 is 20.1 Å². The lowest BCUT2D eigenvalue weighted by Crippen LogP contribution is -2.54. The van der Waals surface area contributed by atoms with Crippen molar-refractivity contribution in [1.29, 1.82) is 0 Å². The summed E-state index contributed by atoms with van der Waals surface area (Å²) in [5, 5.41) is 7.60. The molecule has 2 aromatic carbocycles. The third-order valence-electron chi connectivity index (χ3n) is 9.26. The van der Waals surface area contributed by atoms with Gasteiger partial charge in [-0.2, -0.15) is 0 Å². The lowest BCUT2D eigenvalue weighted by molar-refractivity contribution is -0.119. The number of carbonyl (C=O) groups excluding carboxylic acids is 1. The molecule has 10 nitrogen and oxygen atoms in total. The van der Waals surface area contributed by atoms with Gasteiger partial charge in [0.15, 0.2) is 0 Å². The average molecular weight is 692 g/mol. The van der Waals surface area contributed by atoms with E-state index in [1.807, 2.05) is 36.4 Å². The molecule has 1 aliphatic heterocycles. The number of benzene rings is 2. The minimum atomic E-state index is -0.0274. The molecule has 0 bridgehead atoms. The van der Waals surface area contributed by atoms with E-state index in [9.17, 15) is 4.79 Å². The van der Waals surface area contributed by atoms with Crippen LogP contribution in [0, 0.1) is 0 Å². The molecule has 48 heavy (non-hydrogen) atoms. The second-order valence-electron chi connectivity index (χ2n) is 12.4. The zero-order valence-corrected chi connectivity index (χ0v) is 29.0. The second kappa shape index (κ2) is 15.2. The second-order valence-corrected chi connectivity index (χ2v) is 13.1. The molecule has 0 unspecified atom stereocenters. The first kappa shape index (κ1) is 34.0. The highest BCUT2D eigenvalue weighted by molar-refractivity contribution is 6.39. The Kier molecular flexibility index (Phi) is 10.8. The van der Waals surface area contributed by atoms with Gasteiger partial charge >= 0.3 is 0 Å². The molecule has 0 spiro atoms. The van der Waals surface area contributed by atoms with Gasteiger partial charge in [-0.3, -0.25) is 14.8 Å². The summed E-state index contributed by atoms with van der Waals surface area (Å²) < 4.78 is 16.7. The molecule has 1 saturated heterocycles. The van der Waals surface area contributed by atoms with E-state index in [-0.39, 0.29) is 17.5 Å². The minimum Gasteiger partial charge on any atom is -0.480 e. The normalized spacial score (nSPS) is 16.8. The van der Waals surface area contributed by atoms with E-state index in [1.165, 1.54) is 6.42 Å². The molecule has 0 radical (unpaired) electrons. The summed E-state index contributed by atoms with van der Waals surface area (Å²) in [6.45, 7) is 1.17. The fraction of sp³-hybridized carbons (Fsp3) is 0.417. The van der Waals surface area contributed by atoms with E-state index in [1.54, 1.807) is 33.7 Å². The first-order chi connectivity index (χ1) is 23.3. The van der Waals surface area contributed by atoms with Crippen molar-refractivity contribution in [2.45, 2.75) is 69.5 Å². The standard InChI is InChI=1S/C36H40Cl2N6O4/c1-46-21-36(16-7-17-36)41-20-30-35(48-3)44-29(19-40-30)26-12-6-10-24(33(26)38)23-9-5-11-25(32(23)37)28-18-39-27(34(43-28)47-2)13-4-8-22-14-15-31(45)42-22/h5-6,9-12,18-19,22,41H,4,7-8,13-17,20-21H2,1-3H3,(H,42,45)/t22-/m1/s1. The van der Waals surface area contributed by atoms with Gasteiger partial charge in [-0.05, 0) is 44.9 Å². The smallest absolute Gasteiger partial charge is 0.237 e. The molecular weight excluding hydrogens is 651 g/mol. The number of ether oxygens (including phenoxy) is 3. The molecule has 12 heteroatoms. The molecule has 1 amide bonds. The number of aromatic nitrogens is 4. The molecule has 1 atom stereocenters. The van der Waals surface area contributed by atoms with Crippen LogP contribution in [0.15, 0.2) is 48.8 Å². The molecular formula is C36H40Cl2N6O4. The topological polar surface area (TPSA) is 120 Å². The van der Waals surface area contributed by atoms with Crippen molar-refractivity contribution in [1.82, 2.24) is 30.6 Å². The fourth-order valence-corrected chi connectivity index (χ4v) is 7.13. The highest BCUT2D eigenvalue weighted by Gasteiger charge is 2.36. The minimum absolute atomic E-state index is 0.0274. The summed E-state index contributed by atoms with van der Waals surface area (Å²) >= 11 is 14.1. The van der Waals surface area contributed by atoms with Gasteiger partial charge in [0.05, 0.1) is 54.7 Å². The predicted molar refractivity (Wildman–Crippen MR) is 186 cm³/mol. The van der Waals surface area contributed by atoms with Gasteiger partial charge in [-0.1, -0.05) is 59.6 Å². The maximum absolute atomic E-state index is 11.5. The van der Waals surface area contributed by atoms with Gasteiger partial charge < -0.3 is 24.8 Å². The van der Waals surface area contributed by atoms with Crippen molar-refractivity contribution < 1.29 is 19.0 Å². The number of methoxy groups -OCH3 is 3. The van der Waals surface area contributed by atoms with Gasteiger partial charge in [0, 0.05) is 53.9 Å². The summed E-state index contributed by atoms with van der Waals surface area (Å²) in [5.41, 5.74) is 5.54. The van der Waals surface area contributed by atoms with Crippen LogP contribution in [0.25, 0.3) is 33.6 Å². The van der Waals surface area contributed by atoms with Crippen LogP contribution in [0.1, 0.15) is 56.3 Å². The lowest BCUT2D eigenvalue weighted by atomic mass is 9.77. The van der Waals surface area contributed by atoms with Crippen LogP contribution in [0.3, 0.4) is 0 Å². The van der Waals surface area contributed by atoms with Crippen LogP contribution in [0.2, 0.25) is 10.0 Å². The Morgan fingerprint density at radius 2 is 1.46 bits per heavy atom. The third-order valence-corrected chi connectivity index (χ3v) is 10.1. The van der Waals surface area contributed by atoms with Crippen LogP contribution in [0.4, 0.5) is 0 Å². The molecule has 4 aromatic rings. The number of halogens is 2. The molecule has 1 aliphatic carbocycles. The van der Waals surface area contributed by atoms with E-state index in [0.29, 0.717) is 70.3 Å². The molecule has 2 aliphatic rings. The number of aryl methyl sites for hydroxylation is 1. The van der Waals surface area contributed by atoms with Crippen molar-refractivity contribution in [3.63, 3.8) is 0 Å². The highest BCUT2D eigenvalue weighted by atomic mass is 35.5. The van der Waals surface area contributed by atoms with E-state index in [2.05, 4.69) is 15.6 Å². The Morgan fingerprint density at radius 3 is 1.98 bits per heavy atom. The number of nitrogens with one attached hydrogen (secondary N) is 2. The number of hydrogen-bond acceptors (Lipinski definition) is 9. The van der Waals surface area contributed by atoms with E-state index in [0.717, 1.165) is 54.6 Å². The van der Waals surface area contributed by atoms with Crippen molar-refractivity contribution in [2.24, 2.45) is 0 Å². The van der Waals surface area contributed by atoms with E-state index >= 15 is 0 Å². The van der Waals surface area contributed by atoms with Crippen molar-refractivity contribution in [3.8, 4) is 45.4 Å². The zero-order valence-electron chi connectivity index (χ0n) is 27.4. The average Bonchev–Trinajstić information content (AvgIpc) is 3.51. The van der Waals surface area contributed by atoms with Crippen molar-refractivity contribution in [2.75, 3.05) is 27.9 Å². The van der Waals surface area contributed by atoms with Gasteiger partial charge in [0.1, 0.15) is 11.4 Å². The molecule has 6 rings (SSSR count). The maximum Gasteiger partial charge on any atom is 0.237 e. The van der Waals surface area contributed by atoms with Crippen LogP contribution in [-0.2, 0) is 22.5 Å². The Bertz CT molecular complexity index is 1780. The first-order valence-electron chi connectivity index (χ1n) is 16.3. The number of carbonyl (C=O) groups is 1. The lowest BCUT2D eigenvalue weighted by Gasteiger charge is -2.42. The first-order valence-corrected chi connectivity index (χ1v) is 17.0. The summed E-state index contributed by atoms with van der Waals surface area (Å²) in [6, 6.07) is 11.7. The zero-order chi connectivity index (χ0) is 33.7. The van der Waals surface area contributed by atoms with Gasteiger partial charge in [-0.15, -0.1) is 0 Å². The van der Waals surface area contributed by atoms with Crippen molar-refractivity contribution >= 4 is 29.1 Å². The molecule has 2 fully saturated rings. The van der Waals surface area contributed by atoms with Gasteiger partial charge in [0.25, 0.3) is 0 Å². The fourth-order valence-electron chi connectivity index (χ4n) is 6.48. The Hall–Kier alpha value is -3.83. The van der Waals surface area contributed by atoms with E-state index < -0.39 is 0 Å². The number of amides is 1. The van der Waals surface area contributed by atoms with Crippen LogP contribution in [0.5, 0.6) is 11.8 Å². The molecule has 2 N–H and O–H groups in total. The third kappa shape index (κ3) is 7.27. The highest BCUT2D eigenvalue weighted by Crippen LogP contribution is 2.42. The Balaban J connectivity index is 1.23. The summed E-state index contributed by atoms with van der Waals surface area (Å²) in [6.07, 6.45) is 10.7. The summed E-state index contributed by atoms with van der Waals surface area (Å²) in [5.74, 6) is 1.02. The number of nitrogens with zero attached hydrogens (tertiary/aromatic N) is 4. The Labute approximate surface area is 291 Å². The number of rotatable bonds is 14. The predicted octanol–water partition coefficient (Wildman–Crippen LogP) is 6.85. The summed E-state index contributed by atoms with van der Waals surface area (Å²) in [4.78, 5) is 30.5. The molecule has 1 saturated carbocycles. The van der Waals surface area contributed by atoms with Crippen LogP contribution >= 0.6 is 23.2 Å². The van der Waals surface area contributed by atoms with Crippen LogP contribution in [-0.4, -0.2) is 65.4 Å². The number of hydrogen-bond donors (Lipinski definition) is 2. The van der Waals surface area contributed by atoms with Crippen molar-refractivity contribution in [3.05, 3.63) is 70.2 Å². The van der Waals surface area contributed by atoms with Gasteiger partial charge in [-0.25, -0.2) is 9.97 Å². The quantitative estimate of drug-likeness (QED) is 0.146. The maximum atomic E-state index is 11.5.